The van der Waals surface area contributed by atoms with Crippen molar-refractivity contribution in [1.29, 1.82) is 0 Å². The van der Waals surface area contributed by atoms with Gasteiger partial charge in [0.25, 0.3) is 5.91 Å². The second-order valence-electron chi connectivity index (χ2n) is 8.94. The fraction of sp³-hybridized carbons (Fsp3) is 0.269. The molecular formula is C26H28ClN5O3. The second-order valence-corrected chi connectivity index (χ2v) is 9.37. The molecule has 0 aliphatic carbocycles. The fourth-order valence-corrected chi connectivity index (χ4v) is 3.64. The minimum atomic E-state index is -0.871. The Labute approximate surface area is 209 Å². The van der Waals surface area contributed by atoms with Gasteiger partial charge in [0.05, 0.1) is 12.1 Å². The number of aliphatic hydroxyl groups is 1. The molecule has 4 rings (SSSR count). The molecule has 1 aliphatic rings. The quantitative estimate of drug-likeness (QED) is 0.418. The molecule has 1 aromatic heterocycles. The van der Waals surface area contributed by atoms with Gasteiger partial charge in [-0.25, -0.2) is 4.98 Å². The predicted octanol–water partition coefficient (Wildman–Crippen LogP) is 4.76. The minimum absolute atomic E-state index is 0.128. The number of rotatable bonds is 8. The summed E-state index contributed by atoms with van der Waals surface area (Å²) < 4.78 is 5.74. The number of ether oxygens (including phenoxy) is 1. The molecule has 2 aromatic carbocycles. The average molecular weight is 494 g/mol. The van der Waals surface area contributed by atoms with Gasteiger partial charge >= 0.3 is 0 Å². The van der Waals surface area contributed by atoms with Gasteiger partial charge in [0, 0.05) is 23.0 Å². The minimum Gasteiger partial charge on any atom is -0.439 e. The van der Waals surface area contributed by atoms with Crippen molar-refractivity contribution >= 4 is 29.2 Å². The van der Waals surface area contributed by atoms with Crippen LogP contribution in [0.2, 0.25) is 5.02 Å². The van der Waals surface area contributed by atoms with Crippen molar-refractivity contribution < 1.29 is 14.6 Å². The van der Waals surface area contributed by atoms with Gasteiger partial charge in [0.1, 0.15) is 11.8 Å². The number of pyridine rings is 1. The molecule has 3 aromatic rings. The Hall–Kier alpha value is -3.62. The van der Waals surface area contributed by atoms with Crippen LogP contribution in [0.1, 0.15) is 32.3 Å². The summed E-state index contributed by atoms with van der Waals surface area (Å²) in [7, 11) is 0. The number of anilines is 1. The molecule has 2 heterocycles. The Morgan fingerprint density at radius 3 is 2.51 bits per heavy atom. The van der Waals surface area contributed by atoms with Crippen LogP contribution in [0, 0.1) is 0 Å². The molecule has 35 heavy (non-hydrogen) atoms. The molecule has 8 nitrogen and oxygen atoms in total. The van der Waals surface area contributed by atoms with Crippen molar-refractivity contribution in [3.63, 3.8) is 0 Å². The SMILES string of the molecule is CC(C)(O)CCC1NN=C(Nc2ccc(Oc3ccccn3)cc2)N(Cc2ccc(Cl)cc2)C1=O. The van der Waals surface area contributed by atoms with E-state index in [4.69, 9.17) is 16.3 Å². The normalized spacial score (nSPS) is 15.9. The van der Waals surface area contributed by atoms with Crippen LogP contribution >= 0.6 is 11.6 Å². The van der Waals surface area contributed by atoms with Crippen LogP contribution in [-0.2, 0) is 11.3 Å². The summed E-state index contributed by atoms with van der Waals surface area (Å²) in [6.07, 6.45) is 2.58. The summed E-state index contributed by atoms with van der Waals surface area (Å²) in [4.78, 5) is 19.1. The lowest BCUT2D eigenvalue weighted by Gasteiger charge is -2.33. The number of carbonyl (C=O) groups is 1. The first-order valence-corrected chi connectivity index (χ1v) is 11.7. The summed E-state index contributed by atoms with van der Waals surface area (Å²) in [6.45, 7) is 3.77. The van der Waals surface area contributed by atoms with Crippen LogP contribution in [0.4, 0.5) is 5.69 Å². The fourth-order valence-electron chi connectivity index (χ4n) is 3.52. The first-order chi connectivity index (χ1) is 16.8. The number of benzene rings is 2. The molecule has 0 saturated carbocycles. The molecular weight excluding hydrogens is 466 g/mol. The number of halogens is 1. The van der Waals surface area contributed by atoms with Gasteiger partial charge < -0.3 is 15.2 Å². The lowest BCUT2D eigenvalue weighted by atomic mass is 9.98. The van der Waals surface area contributed by atoms with E-state index in [-0.39, 0.29) is 5.91 Å². The lowest BCUT2D eigenvalue weighted by molar-refractivity contribution is -0.131. The molecule has 1 unspecified atom stereocenters. The van der Waals surface area contributed by atoms with E-state index >= 15 is 0 Å². The van der Waals surface area contributed by atoms with E-state index in [2.05, 4.69) is 20.8 Å². The highest BCUT2D eigenvalue weighted by Gasteiger charge is 2.33. The number of carbonyl (C=O) groups excluding carboxylic acids is 1. The zero-order valence-electron chi connectivity index (χ0n) is 19.6. The van der Waals surface area contributed by atoms with Crippen LogP contribution < -0.4 is 15.5 Å². The van der Waals surface area contributed by atoms with Gasteiger partial charge in [-0.05, 0) is 74.7 Å². The first kappa shape index (κ1) is 24.5. The summed E-state index contributed by atoms with van der Waals surface area (Å²) in [5.41, 5.74) is 3.73. The van der Waals surface area contributed by atoms with Crippen molar-refractivity contribution in [3.8, 4) is 11.6 Å². The Morgan fingerprint density at radius 2 is 1.86 bits per heavy atom. The number of nitrogens with one attached hydrogen (secondary N) is 2. The molecule has 1 amide bonds. The first-order valence-electron chi connectivity index (χ1n) is 11.3. The topological polar surface area (TPSA) is 99.1 Å². The number of nitrogens with zero attached hydrogens (tertiary/aromatic N) is 3. The van der Waals surface area contributed by atoms with Crippen LogP contribution in [0.3, 0.4) is 0 Å². The van der Waals surface area contributed by atoms with Gasteiger partial charge in [-0.1, -0.05) is 29.8 Å². The smallest absolute Gasteiger partial charge is 0.253 e. The van der Waals surface area contributed by atoms with Crippen molar-refractivity contribution in [2.45, 2.75) is 44.9 Å². The monoisotopic (exact) mass is 493 g/mol. The molecule has 0 bridgehead atoms. The zero-order chi connectivity index (χ0) is 24.8. The van der Waals surface area contributed by atoms with Gasteiger partial charge in [-0.3, -0.25) is 15.1 Å². The molecule has 0 fully saturated rings. The van der Waals surface area contributed by atoms with E-state index in [1.165, 1.54) is 0 Å². The van der Waals surface area contributed by atoms with Crippen LogP contribution in [-0.4, -0.2) is 38.5 Å². The third-order valence-corrected chi connectivity index (χ3v) is 5.67. The Morgan fingerprint density at radius 1 is 1.11 bits per heavy atom. The number of hydrazone groups is 1. The van der Waals surface area contributed by atoms with E-state index in [0.29, 0.717) is 42.0 Å². The predicted molar refractivity (Wildman–Crippen MR) is 136 cm³/mol. The van der Waals surface area contributed by atoms with Gasteiger partial charge in [0.2, 0.25) is 11.8 Å². The van der Waals surface area contributed by atoms with E-state index < -0.39 is 11.6 Å². The van der Waals surface area contributed by atoms with Crippen molar-refractivity contribution in [1.82, 2.24) is 15.3 Å². The van der Waals surface area contributed by atoms with Crippen molar-refractivity contribution in [3.05, 3.63) is 83.5 Å². The van der Waals surface area contributed by atoms with Crippen LogP contribution in [0.15, 0.2) is 78.0 Å². The van der Waals surface area contributed by atoms with E-state index in [0.717, 1.165) is 11.3 Å². The third-order valence-electron chi connectivity index (χ3n) is 5.42. The van der Waals surface area contributed by atoms with E-state index in [9.17, 15) is 9.90 Å². The van der Waals surface area contributed by atoms with Gasteiger partial charge in [-0.15, -0.1) is 5.10 Å². The van der Waals surface area contributed by atoms with E-state index in [1.54, 1.807) is 43.1 Å². The van der Waals surface area contributed by atoms with Crippen molar-refractivity contribution in [2.24, 2.45) is 5.10 Å². The second kappa shape index (κ2) is 10.8. The number of hydrogen-bond acceptors (Lipinski definition) is 7. The molecule has 1 aliphatic heterocycles. The summed E-state index contributed by atoms with van der Waals surface area (Å²) >= 11 is 6.03. The molecule has 1 atom stereocenters. The highest BCUT2D eigenvalue weighted by atomic mass is 35.5. The standard InChI is InChI=1S/C26H28ClN5O3/c1-26(2,34)15-14-22-24(33)32(17-18-6-8-19(27)9-7-18)25(31-30-22)29-20-10-12-21(13-11-20)35-23-5-3-4-16-28-23/h3-13,16,22,30,34H,14-15,17H2,1-2H3,(H,29,31). The zero-order valence-corrected chi connectivity index (χ0v) is 20.4. The number of hydrogen-bond donors (Lipinski definition) is 3. The molecule has 0 radical (unpaired) electrons. The molecule has 3 N–H and O–H groups in total. The Kier molecular flexibility index (Phi) is 7.53. The maximum Gasteiger partial charge on any atom is 0.253 e. The Bertz CT molecular complexity index is 1160. The molecule has 0 spiro atoms. The number of aromatic nitrogens is 1. The molecule has 9 heteroatoms. The summed E-state index contributed by atoms with van der Waals surface area (Å²) in [5, 5.41) is 18.4. The summed E-state index contributed by atoms with van der Waals surface area (Å²) in [6, 6.07) is 19.6. The van der Waals surface area contributed by atoms with Gasteiger partial charge in [0.15, 0.2) is 0 Å². The molecule has 0 saturated heterocycles. The maximum atomic E-state index is 13.4. The highest BCUT2D eigenvalue weighted by molar-refractivity contribution is 6.30. The third kappa shape index (κ3) is 6.94. The largest absolute Gasteiger partial charge is 0.439 e. The summed E-state index contributed by atoms with van der Waals surface area (Å²) in [5.74, 6) is 1.39. The Balaban J connectivity index is 1.50. The highest BCUT2D eigenvalue weighted by Crippen LogP contribution is 2.23. The maximum absolute atomic E-state index is 13.4. The van der Waals surface area contributed by atoms with E-state index in [1.807, 2.05) is 48.5 Å². The average Bonchev–Trinajstić information content (AvgIpc) is 2.83. The lowest BCUT2D eigenvalue weighted by Crippen LogP contribution is -2.54. The molecule has 182 valence electrons. The van der Waals surface area contributed by atoms with Crippen LogP contribution in [0.25, 0.3) is 0 Å². The van der Waals surface area contributed by atoms with Crippen molar-refractivity contribution in [2.75, 3.05) is 5.32 Å². The van der Waals surface area contributed by atoms with Gasteiger partial charge in [-0.2, -0.15) is 0 Å². The number of guanidine groups is 1. The van der Waals surface area contributed by atoms with Crippen LogP contribution in [0.5, 0.6) is 11.6 Å². The number of amides is 1.